The average molecular weight is 379 g/mol. The molecule has 1 amide bonds. The van der Waals surface area contributed by atoms with Crippen LogP contribution in [0.25, 0.3) is 0 Å². The highest BCUT2D eigenvalue weighted by Gasteiger charge is 2.27. The van der Waals surface area contributed by atoms with Gasteiger partial charge in [0.05, 0.1) is 6.20 Å². The number of hydrogen-bond donors (Lipinski definition) is 1. The summed E-state index contributed by atoms with van der Waals surface area (Å²) in [5.74, 6) is -0.226. The Morgan fingerprint density at radius 2 is 2.04 bits per heavy atom. The Kier molecular flexibility index (Phi) is 6.21. The Hall–Kier alpha value is -1.90. The Morgan fingerprint density at radius 3 is 2.60 bits per heavy atom. The molecular weight excluding hydrogens is 358 g/mol. The molecule has 0 saturated carbocycles. The minimum atomic E-state index is -3.02. The summed E-state index contributed by atoms with van der Waals surface area (Å²) in [5.41, 5.74) is -0.537. The summed E-state index contributed by atoms with van der Waals surface area (Å²) >= 11 is 5.72. The SMILES string of the molecule is CC(C)(C)OC(=O)N1CCC(Nc2ncc(Cl)c(OC(F)F)n2)CC1. The standard InChI is InChI=1S/C15H21ClF2N4O3/c1-15(2,3)25-14(23)22-6-4-9(5-7-22)20-13-19-8-10(16)11(21-13)24-12(17)18/h8-9,12H,4-7H2,1-3H3,(H,19,20,21). The van der Waals surface area contributed by atoms with Crippen LogP contribution in [0.4, 0.5) is 19.5 Å². The number of hydrogen-bond acceptors (Lipinski definition) is 6. The molecule has 1 saturated heterocycles. The number of piperidine rings is 1. The van der Waals surface area contributed by atoms with Crippen molar-refractivity contribution in [2.24, 2.45) is 0 Å². The third-order valence-corrected chi connectivity index (χ3v) is 3.65. The van der Waals surface area contributed by atoms with Crippen molar-refractivity contribution < 1.29 is 23.0 Å². The number of nitrogens with one attached hydrogen (secondary N) is 1. The first-order valence-corrected chi connectivity index (χ1v) is 8.23. The van der Waals surface area contributed by atoms with Gasteiger partial charge in [0.2, 0.25) is 11.8 Å². The van der Waals surface area contributed by atoms with Crippen LogP contribution in [0, 0.1) is 0 Å². The van der Waals surface area contributed by atoms with E-state index in [0.717, 1.165) is 0 Å². The van der Waals surface area contributed by atoms with Gasteiger partial charge in [-0.2, -0.15) is 13.8 Å². The highest BCUT2D eigenvalue weighted by atomic mass is 35.5. The summed E-state index contributed by atoms with van der Waals surface area (Å²) in [6.07, 6.45) is 2.15. The van der Waals surface area contributed by atoms with E-state index in [9.17, 15) is 13.6 Å². The van der Waals surface area contributed by atoms with Crippen LogP contribution in [-0.4, -0.2) is 52.3 Å². The number of carbonyl (C=O) groups excluding carboxylic acids is 1. The molecule has 1 aliphatic rings. The van der Waals surface area contributed by atoms with Gasteiger partial charge >= 0.3 is 12.7 Å². The van der Waals surface area contributed by atoms with Crippen molar-refractivity contribution in [2.45, 2.75) is 51.9 Å². The van der Waals surface area contributed by atoms with Crippen LogP contribution in [0.1, 0.15) is 33.6 Å². The molecule has 140 valence electrons. The van der Waals surface area contributed by atoms with Crippen molar-refractivity contribution in [2.75, 3.05) is 18.4 Å². The second-order valence-corrected chi connectivity index (χ2v) is 7.02. The molecule has 0 radical (unpaired) electrons. The normalized spacial score (nSPS) is 16.0. The molecule has 7 nitrogen and oxygen atoms in total. The second-order valence-electron chi connectivity index (χ2n) is 6.61. The minimum absolute atomic E-state index is 0.000683. The highest BCUT2D eigenvalue weighted by molar-refractivity contribution is 6.31. The smallest absolute Gasteiger partial charge is 0.410 e. The quantitative estimate of drug-likeness (QED) is 0.863. The molecule has 0 aliphatic carbocycles. The van der Waals surface area contributed by atoms with E-state index in [1.54, 1.807) is 4.90 Å². The third-order valence-electron chi connectivity index (χ3n) is 3.39. The van der Waals surface area contributed by atoms with E-state index in [4.69, 9.17) is 16.3 Å². The lowest BCUT2D eigenvalue weighted by molar-refractivity contribution is -0.0527. The molecule has 2 rings (SSSR count). The van der Waals surface area contributed by atoms with E-state index in [0.29, 0.717) is 25.9 Å². The van der Waals surface area contributed by atoms with Gasteiger partial charge in [-0.25, -0.2) is 9.78 Å². The van der Waals surface area contributed by atoms with Crippen LogP contribution in [0.5, 0.6) is 5.88 Å². The van der Waals surface area contributed by atoms with Gasteiger partial charge in [0.1, 0.15) is 10.6 Å². The Morgan fingerprint density at radius 1 is 1.40 bits per heavy atom. The first-order chi connectivity index (χ1) is 11.6. The van der Waals surface area contributed by atoms with Crippen LogP contribution in [0.2, 0.25) is 5.02 Å². The number of anilines is 1. The number of amides is 1. The minimum Gasteiger partial charge on any atom is -0.444 e. The summed E-state index contributed by atoms with van der Waals surface area (Å²) in [7, 11) is 0. The van der Waals surface area contributed by atoms with Gasteiger partial charge in [0.25, 0.3) is 0 Å². The lowest BCUT2D eigenvalue weighted by Crippen LogP contribution is -2.44. The summed E-state index contributed by atoms with van der Waals surface area (Å²) in [4.78, 5) is 21.5. The number of carbonyl (C=O) groups is 1. The Labute approximate surface area is 149 Å². The van der Waals surface area contributed by atoms with Crippen molar-refractivity contribution in [3.8, 4) is 5.88 Å². The van der Waals surface area contributed by atoms with Crippen LogP contribution < -0.4 is 10.1 Å². The Balaban J connectivity index is 1.89. The maximum absolute atomic E-state index is 12.3. The summed E-state index contributed by atoms with van der Waals surface area (Å²) in [6.45, 7) is 3.46. The summed E-state index contributed by atoms with van der Waals surface area (Å²) in [5, 5.41) is 2.95. The predicted molar refractivity (Wildman–Crippen MR) is 88.1 cm³/mol. The lowest BCUT2D eigenvalue weighted by atomic mass is 10.1. The highest BCUT2D eigenvalue weighted by Crippen LogP contribution is 2.24. The number of nitrogens with zero attached hydrogens (tertiary/aromatic N) is 3. The maximum atomic E-state index is 12.3. The largest absolute Gasteiger partial charge is 0.444 e. The first-order valence-electron chi connectivity index (χ1n) is 7.86. The van der Waals surface area contributed by atoms with Gasteiger partial charge in [-0.3, -0.25) is 0 Å². The fourth-order valence-corrected chi connectivity index (χ4v) is 2.44. The molecule has 0 bridgehead atoms. The monoisotopic (exact) mass is 378 g/mol. The van der Waals surface area contributed by atoms with E-state index in [1.807, 2.05) is 20.8 Å². The van der Waals surface area contributed by atoms with Crippen molar-refractivity contribution in [1.82, 2.24) is 14.9 Å². The second kappa shape index (κ2) is 7.99. The van der Waals surface area contributed by atoms with E-state index in [1.165, 1.54) is 6.20 Å². The zero-order valence-corrected chi connectivity index (χ0v) is 15.0. The van der Waals surface area contributed by atoms with Gasteiger partial charge in [-0.1, -0.05) is 11.6 Å². The van der Waals surface area contributed by atoms with Crippen LogP contribution in [0.15, 0.2) is 6.20 Å². The Bertz CT molecular complexity index is 605. The van der Waals surface area contributed by atoms with Crippen LogP contribution in [0.3, 0.4) is 0 Å². The first kappa shape index (κ1) is 19.4. The molecule has 0 unspecified atom stereocenters. The number of rotatable bonds is 4. The van der Waals surface area contributed by atoms with Crippen LogP contribution in [-0.2, 0) is 4.74 Å². The molecule has 0 aromatic carbocycles. The van der Waals surface area contributed by atoms with Gasteiger partial charge in [0.15, 0.2) is 0 Å². The fourth-order valence-electron chi connectivity index (χ4n) is 2.30. The zero-order valence-electron chi connectivity index (χ0n) is 14.3. The number of aromatic nitrogens is 2. The third kappa shape index (κ3) is 6.15. The van der Waals surface area contributed by atoms with Crippen molar-refractivity contribution in [3.05, 3.63) is 11.2 Å². The molecule has 1 aromatic heterocycles. The molecule has 2 heterocycles. The van der Waals surface area contributed by atoms with Gasteiger partial charge < -0.3 is 19.7 Å². The maximum Gasteiger partial charge on any atom is 0.410 e. The molecule has 1 fully saturated rings. The molecule has 10 heteroatoms. The number of halogens is 3. The van der Waals surface area contributed by atoms with E-state index in [-0.39, 0.29) is 29.0 Å². The molecule has 1 aliphatic heterocycles. The number of likely N-dealkylation sites (tertiary alicyclic amines) is 1. The predicted octanol–water partition coefficient (Wildman–Crippen LogP) is 3.54. The molecule has 1 aromatic rings. The van der Waals surface area contributed by atoms with Gasteiger partial charge in [-0.15, -0.1) is 0 Å². The number of ether oxygens (including phenoxy) is 2. The molecule has 0 atom stereocenters. The summed E-state index contributed by atoms with van der Waals surface area (Å²) in [6, 6.07) is -0.000683. The van der Waals surface area contributed by atoms with E-state index >= 15 is 0 Å². The molecular formula is C15H21ClF2N4O3. The van der Waals surface area contributed by atoms with E-state index < -0.39 is 12.2 Å². The average Bonchev–Trinajstić information content (AvgIpc) is 2.49. The lowest BCUT2D eigenvalue weighted by Gasteiger charge is -2.33. The number of alkyl halides is 2. The van der Waals surface area contributed by atoms with Crippen LogP contribution >= 0.6 is 11.6 Å². The van der Waals surface area contributed by atoms with Crippen molar-refractivity contribution in [3.63, 3.8) is 0 Å². The fraction of sp³-hybridized carbons (Fsp3) is 0.667. The topological polar surface area (TPSA) is 76.6 Å². The van der Waals surface area contributed by atoms with Crippen molar-refractivity contribution >= 4 is 23.6 Å². The van der Waals surface area contributed by atoms with Gasteiger partial charge in [-0.05, 0) is 33.6 Å². The summed E-state index contributed by atoms with van der Waals surface area (Å²) < 4.78 is 34.2. The van der Waals surface area contributed by atoms with Gasteiger partial charge in [0, 0.05) is 19.1 Å². The molecule has 1 N–H and O–H groups in total. The zero-order chi connectivity index (χ0) is 18.6. The van der Waals surface area contributed by atoms with Crippen molar-refractivity contribution in [1.29, 1.82) is 0 Å². The molecule has 25 heavy (non-hydrogen) atoms. The van der Waals surface area contributed by atoms with E-state index in [2.05, 4.69) is 20.0 Å². The molecule has 0 spiro atoms.